The summed E-state index contributed by atoms with van der Waals surface area (Å²) in [6, 6.07) is 6.59. The Hall–Kier alpha value is -1.27. The summed E-state index contributed by atoms with van der Waals surface area (Å²) in [6.07, 6.45) is 0. The molecule has 0 spiro atoms. The van der Waals surface area contributed by atoms with E-state index in [1.807, 2.05) is 6.07 Å². The smallest absolute Gasteiger partial charge is 0.267 e. The number of thiophene rings is 1. The molecule has 0 atom stereocenters. The summed E-state index contributed by atoms with van der Waals surface area (Å²) in [5.74, 6) is -0.110. The van der Waals surface area contributed by atoms with Gasteiger partial charge in [-0.2, -0.15) is 5.10 Å². The lowest BCUT2D eigenvalue weighted by Gasteiger charge is -2.02. The number of hydrogen-bond acceptors (Lipinski definition) is 4. The van der Waals surface area contributed by atoms with Crippen LogP contribution in [-0.4, -0.2) is 15.6 Å². The first-order chi connectivity index (χ1) is 8.06. The van der Waals surface area contributed by atoms with E-state index in [1.54, 1.807) is 19.1 Å². The van der Waals surface area contributed by atoms with Gasteiger partial charge in [0.15, 0.2) is 5.78 Å². The van der Waals surface area contributed by atoms with E-state index in [2.05, 4.69) is 21.0 Å². The van der Waals surface area contributed by atoms with Gasteiger partial charge in [-0.15, -0.1) is 11.3 Å². The summed E-state index contributed by atoms with van der Waals surface area (Å²) < 4.78 is 2.08. The number of aromatic nitrogens is 2. The highest BCUT2D eigenvalue weighted by Gasteiger charge is 2.11. The number of halogens is 1. The molecule has 0 unspecified atom stereocenters. The predicted molar refractivity (Wildman–Crippen MR) is 69.6 cm³/mol. The van der Waals surface area contributed by atoms with E-state index >= 15 is 0 Å². The third kappa shape index (κ3) is 2.89. The number of carbonyl (C=O) groups is 1. The van der Waals surface area contributed by atoms with Gasteiger partial charge in [0, 0.05) is 6.07 Å². The van der Waals surface area contributed by atoms with Gasteiger partial charge in [0.25, 0.3) is 5.56 Å². The van der Waals surface area contributed by atoms with E-state index in [-0.39, 0.29) is 17.9 Å². The van der Waals surface area contributed by atoms with Crippen molar-refractivity contribution in [3.8, 4) is 0 Å². The summed E-state index contributed by atoms with van der Waals surface area (Å²) >= 11 is 4.64. The Morgan fingerprint density at radius 2 is 2.18 bits per heavy atom. The topological polar surface area (TPSA) is 52.0 Å². The van der Waals surface area contributed by atoms with Gasteiger partial charge in [0.05, 0.1) is 14.4 Å². The fraction of sp³-hybridized carbons (Fsp3) is 0.182. The number of hydrogen-bond donors (Lipinski definition) is 0. The van der Waals surface area contributed by atoms with E-state index in [0.29, 0.717) is 10.6 Å². The second-order valence-corrected chi connectivity index (χ2v) is 5.96. The normalized spacial score (nSPS) is 10.5. The van der Waals surface area contributed by atoms with Gasteiger partial charge < -0.3 is 0 Å². The Morgan fingerprint density at radius 1 is 1.41 bits per heavy atom. The van der Waals surface area contributed by atoms with Crippen LogP contribution in [0.5, 0.6) is 0 Å². The van der Waals surface area contributed by atoms with E-state index in [4.69, 9.17) is 0 Å². The zero-order chi connectivity index (χ0) is 12.4. The van der Waals surface area contributed by atoms with Crippen molar-refractivity contribution in [1.82, 2.24) is 9.78 Å². The maximum absolute atomic E-state index is 11.9. The molecule has 0 fully saturated rings. The molecule has 0 aliphatic rings. The molecule has 0 aromatic carbocycles. The molecule has 4 nitrogen and oxygen atoms in total. The molecule has 0 amide bonds. The van der Waals surface area contributed by atoms with E-state index in [1.165, 1.54) is 22.1 Å². The largest absolute Gasteiger partial charge is 0.291 e. The first kappa shape index (κ1) is 12.2. The number of ketones is 1. The van der Waals surface area contributed by atoms with Gasteiger partial charge in [-0.25, -0.2) is 4.68 Å². The molecular formula is C11H9BrN2O2S. The van der Waals surface area contributed by atoms with Crippen LogP contribution in [0.2, 0.25) is 0 Å². The lowest BCUT2D eigenvalue weighted by atomic mass is 10.3. The molecule has 0 saturated heterocycles. The van der Waals surface area contributed by atoms with Crippen molar-refractivity contribution >= 4 is 33.0 Å². The Bertz CT molecular complexity index is 618. The van der Waals surface area contributed by atoms with Crippen molar-refractivity contribution in [3.05, 3.63) is 49.0 Å². The van der Waals surface area contributed by atoms with Crippen molar-refractivity contribution in [2.45, 2.75) is 13.5 Å². The highest BCUT2D eigenvalue weighted by atomic mass is 79.9. The molecule has 0 radical (unpaired) electrons. The van der Waals surface area contributed by atoms with Crippen LogP contribution < -0.4 is 5.56 Å². The van der Waals surface area contributed by atoms with Crippen LogP contribution in [0, 0.1) is 6.92 Å². The quantitative estimate of drug-likeness (QED) is 0.817. The van der Waals surface area contributed by atoms with Crippen molar-refractivity contribution < 1.29 is 4.79 Å². The second-order valence-electron chi connectivity index (χ2n) is 3.50. The summed E-state index contributed by atoms with van der Waals surface area (Å²) in [7, 11) is 0. The van der Waals surface area contributed by atoms with Crippen LogP contribution in [0.3, 0.4) is 0 Å². The Kier molecular flexibility index (Phi) is 3.54. The Balaban J connectivity index is 2.24. The maximum atomic E-state index is 11.9. The number of rotatable bonds is 3. The molecule has 0 bridgehead atoms. The first-order valence-electron chi connectivity index (χ1n) is 4.89. The number of Topliss-reactive ketones (excluding diaryl/α,β-unsaturated/α-hetero) is 1. The van der Waals surface area contributed by atoms with Crippen LogP contribution in [0.1, 0.15) is 15.4 Å². The van der Waals surface area contributed by atoms with Crippen LogP contribution in [-0.2, 0) is 6.54 Å². The molecule has 88 valence electrons. The molecule has 0 saturated carbocycles. The Labute approximate surface area is 110 Å². The SMILES string of the molecule is Cc1ccc(=O)n(CC(=O)c2ccc(Br)s2)n1. The molecule has 2 heterocycles. The van der Waals surface area contributed by atoms with Gasteiger partial charge in [0.2, 0.25) is 0 Å². The molecule has 6 heteroatoms. The van der Waals surface area contributed by atoms with Gasteiger partial charge >= 0.3 is 0 Å². The average Bonchev–Trinajstić information content (AvgIpc) is 2.70. The van der Waals surface area contributed by atoms with E-state index < -0.39 is 0 Å². The third-order valence-electron chi connectivity index (χ3n) is 2.14. The number of aryl methyl sites for hydroxylation is 1. The summed E-state index contributed by atoms with van der Waals surface area (Å²) in [6.45, 7) is 1.76. The molecule has 0 aliphatic carbocycles. The fourth-order valence-electron chi connectivity index (χ4n) is 1.34. The van der Waals surface area contributed by atoms with E-state index in [9.17, 15) is 9.59 Å². The van der Waals surface area contributed by atoms with Crippen molar-refractivity contribution in [3.63, 3.8) is 0 Å². The standard InChI is InChI=1S/C11H9BrN2O2S/c1-7-2-5-11(16)14(13-7)6-8(15)9-3-4-10(12)17-9/h2-5H,6H2,1H3. The highest BCUT2D eigenvalue weighted by Crippen LogP contribution is 2.22. The van der Waals surface area contributed by atoms with Gasteiger partial charge in [-0.05, 0) is 41.1 Å². The zero-order valence-corrected chi connectivity index (χ0v) is 11.4. The number of nitrogens with zero attached hydrogens (tertiary/aromatic N) is 2. The number of carbonyl (C=O) groups excluding carboxylic acids is 1. The van der Waals surface area contributed by atoms with Crippen molar-refractivity contribution in [1.29, 1.82) is 0 Å². The summed E-state index contributed by atoms with van der Waals surface area (Å²) in [5.41, 5.74) is 0.448. The van der Waals surface area contributed by atoms with Crippen LogP contribution >= 0.6 is 27.3 Å². The summed E-state index contributed by atoms with van der Waals surface area (Å²) in [5, 5.41) is 4.02. The minimum absolute atomic E-state index is 0.0204. The minimum Gasteiger partial charge on any atom is -0.291 e. The average molecular weight is 313 g/mol. The molecular weight excluding hydrogens is 304 g/mol. The molecule has 2 rings (SSSR count). The lowest BCUT2D eigenvalue weighted by Crippen LogP contribution is -2.26. The predicted octanol–water partition coefficient (Wildman–Crippen LogP) is 2.26. The third-order valence-corrected chi connectivity index (χ3v) is 3.81. The summed E-state index contributed by atoms with van der Waals surface area (Å²) in [4.78, 5) is 24.0. The highest BCUT2D eigenvalue weighted by molar-refractivity contribution is 9.11. The van der Waals surface area contributed by atoms with Gasteiger partial charge in [-0.1, -0.05) is 0 Å². The monoisotopic (exact) mass is 312 g/mol. The van der Waals surface area contributed by atoms with Crippen LogP contribution in [0.4, 0.5) is 0 Å². The molecule has 2 aromatic rings. The minimum atomic E-state index is -0.264. The molecule has 17 heavy (non-hydrogen) atoms. The molecule has 2 aromatic heterocycles. The Morgan fingerprint density at radius 3 is 2.82 bits per heavy atom. The maximum Gasteiger partial charge on any atom is 0.267 e. The second kappa shape index (κ2) is 4.93. The van der Waals surface area contributed by atoms with Crippen molar-refractivity contribution in [2.75, 3.05) is 0 Å². The fourth-order valence-corrected chi connectivity index (χ4v) is 2.66. The molecule has 0 N–H and O–H groups in total. The van der Waals surface area contributed by atoms with Crippen molar-refractivity contribution in [2.24, 2.45) is 0 Å². The van der Waals surface area contributed by atoms with Crippen LogP contribution in [0.25, 0.3) is 0 Å². The zero-order valence-electron chi connectivity index (χ0n) is 9.01. The lowest BCUT2D eigenvalue weighted by molar-refractivity contribution is 0.0969. The van der Waals surface area contributed by atoms with Gasteiger partial charge in [0.1, 0.15) is 6.54 Å². The first-order valence-corrected chi connectivity index (χ1v) is 6.50. The van der Waals surface area contributed by atoms with E-state index in [0.717, 1.165) is 3.79 Å². The van der Waals surface area contributed by atoms with Crippen LogP contribution in [0.15, 0.2) is 32.8 Å². The molecule has 0 aliphatic heterocycles. The van der Waals surface area contributed by atoms with Gasteiger partial charge in [-0.3, -0.25) is 9.59 Å².